The normalized spacial score (nSPS) is 6.00. The molecule has 1 radical (unpaired) electrons. The summed E-state index contributed by atoms with van der Waals surface area (Å²) >= 11 is 0. The fraction of sp³-hybridized carbons (Fsp3) is 0.750. The number of hydrogen-bond acceptors (Lipinski definition) is 0. The standard InChI is InChI=1S/C3H9Si.CH4.Y/c1-4(2)3;;/h4H,1H2,2-3H3;1H4;/q-1;;. The fourth-order valence-electron chi connectivity index (χ4n) is 0. The molecule has 0 atom stereocenters. The molecule has 0 aliphatic rings. The van der Waals surface area contributed by atoms with Crippen molar-refractivity contribution in [2.45, 2.75) is 20.5 Å². The third-order valence-corrected chi connectivity index (χ3v) is 0. The van der Waals surface area contributed by atoms with Gasteiger partial charge in [-0.15, -0.1) is 8.80 Å². The molecule has 0 aromatic rings. The Morgan fingerprint density at radius 1 is 1.33 bits per heavy atom. The van der Waals surface area contributed by atoms with E-state index in [9.17, 15) is 0 Å². The quantitative estimate of drug-likeness (QED) is 0.389. The van der Waals surface area contributed by atoms with Crippen molar-refractivity contribution in [3.8, 4) is 0 Å². The van der Waals surface area contributed by atoms with Crippen LogP contribution in [0, 0.1) is 6.55 Å². The molecule has 0 fully saturated rings. The molecular formula is C4H13SiY-. The molecule has 0 aromatic carbocycles. The molecule has 0 N–H and O–H groups in total. The van der Waals surface area contributed by atoms with E-state index in [1.54, 1.807) is 0 Å². The van der Waals surface area contributed by atoms with Crippen LogP contribution in [0.3, 0.4) is 0 Å². The Labute approximate surface area is 68.2 Å². The monoisotopic (exact) mass is 178 g/mol. The second kappa shape index (κ2) is 9.59. The molecule has 0 spiro atoms. The SMILES string of the molecule is C.[CH2-][SiH](C)C.[Y]. The molecule has 0 saturated heterocycles. The first-order valence-electron chi connectivity index (χ1n) is 1.56. The van der Waals surface area contributed by atoms with Crippen LogP contribution in [0.2, 0.25) is 13.1 Å². The Morgan fingerprint density at radius 3 is 1.33 bits per heavy atom. The van der Waals surface area contributed by atoms with Gasteiger partial charge in [0.05, 0.1) is 0 Å². The predicted molar refractivity (Wildman–Crippen MR) is 31.0 cm³/mol. The summed E-state index contributed by atoms with van der Waals surface area (Å²) in [5.74, 6) is 0. The Hall–Kier alpha value is 1.32. The minimum Gasteiger partial charge on any atom is -0.345 e. The first-order chi connectivity index (χ1) is 1.73. The molecule has 0 bridgehead atoms. The van der Waals surface area contributed by atoms with Crippen LogP contribution in [0.25, 0.3) is 0 Å². The summed E-state index contributed by atoms with van der Waals surface area (Å²) in [5.41, 5.74) is 0. The van der Waals surface area contributed by atoms with Crippen LogP contribution in [-0.2, 0) is 32.7 Å². The Bertz CT molecular complexity index is 12.3. The van der Waals surface area contributed by atoms with Crippen LogP contribution in [0.1, 0.15) is 7.43 Å². The first-order valence-corrected chi connectivity index (χ1v) is 4.69. The summed E-state index contributed by atoms with van der Waals surface area (Å²) in [6.45, 7) is 8.17. The molecule has 2 heteroatoms. The van der Waals surface area contributed by atoms with E-state index in [1.165, 1.54) is 0 Å². The summed E-state index contributed by atoms with van der Waals surface area (Å²) in [5, 5.41) is 0. The van der Waals surface area contributed by atoms with E-state index in [-0.39, 0.29) is 48.9 Å². The second-order valence-electron chi connectivity index (χ2n) is 1.39. The van der Waals surface area contributed by atoms with Gasteiger partial charge in [0.15, 0.2) is 0 Å². The van der Waals surface area contributed by atoms with Gasteiger partial charge >= 0.3 is 0 Å². The second-order valence-corrected chi connectivity index (χ2v) is 4.18. The minimum atomic E-state index is -0.389. The first kappa shape index (κ1) is 15.7. The molecule has 0 heterocycles. The van der Waals surface area contributed by atoms with Crippen molar-refractivity contribution in [2.24, 2.45) is 0 Å². The van der Waals surface area contributed by atoms with Crippen molar-refractivity contribution >= 4 is 8.80 Å². The van der Waals surface area contributed by atoms with E-state index in [4.69, 9.17) is 0 Å². The van der Waals surface area contributed by atoms with Gasteiger partial charge in [-0.3, -0.25) is 0 Å². The smallest absolute Gasteiger partial charge is 0 e. The molecule has 37 valence electrons. The van der Waals surface area contributed by atoms with E-state index in [1.807, 2.05) is 0 Å². The molecule has 0 saturated carbocycles. The van der Waals surface area contributed by atoms with E-state index in [0.717, 1.165) is 0 Å². The molecule has 0 aliphatic heterocycles. The summed E-state index contributed by atoms with van der Waals surface area (Å²) in [7, 11) is -0.389. The van der Waals surface area contributed by atoms with Gasteiger partial charge in [0.1, 0.15) is 0 Å². The summed E-state index contributed by atoms with van der Waals surface area (Å²) in [6.07, 6.45) is 0. The predicted octanol–water partition coefficient (Wildman–Crippen LogP) is 1.48. The van der Waals surface area contributed by atoms with Gasteiger partial charge in [0.2, 0.25) is 0 Å². The summed E-state index contributed by atoms with van der Waals surface area (Å²) < 4.78 is 0. The molecule has 0 aliphatic carbocycles. The zero-order chi connectivity index (χ0) is 3.58. The largest absolute Gasteiger partial charge is 0.345 e. The zero-order valence-electron chi connectivity index (χ0n) is 3.86. The van der Waals surface area contributed by atoms with Crippen molar-refractivity contribution in [3.05, 3.63) is 6.55 Å². The van der Waals surface area contributed by atoms with E-state index >= 15 is 0 Å². The summed E-state index contributed by atoms with van der Waals surface area (Å²) in [6, 6.07) is 0. The van der Waals surface area contributed by atoms with E-state index < -0.39 is 0 Å². The number of hydrogen-bond donors (Lipinski definition) is 0. The number of rotatable bonds is 0. The Morgan fingerprint density at radius 2 is 1.33 bits per heavy atom. The maximum Gasteiger partial charge on any atom is 0 e. The van der Waals surface area contributed by atoms with E-state index in [0.29, 0.717) is 0 Å². The van der Waals surface area contributed by atoms with Crippen LogP contribution >= 0.6 is 0 Å². The van der Waals surface area contributed by atoms with Gasteiger partial charge in [0, 0.05) is 32.7 Å². The van der Waals surface area contributed by atoms with Gasteiger partial charge in [0.25, 0.3) is 0 Å². The van der Waals surface area contributed by atoms with Crippen LogP contribution in [-0.4, -0.2) is 8.80 Å². The van der Waals surface area contributed by atoms with Gasteiger partial charge in [-0.25, -0.2) is 0 Å². The van der Waals surface area contributed by atoms with Crippen LogP contribution in [0.4, 0.5) is 0 Å². The average molecular weight is 178 g/mol. The molecule has 0 rings (SSSR count). The van der Waals surface area contributed by atoms with Crippen LogP contribution in [0.15, 0.2) is 0 Å². The van der Waals surface area contributed by atoms with Crippen molar-refractivity contribution in [2.75, 3.05) is 0 Å². The Kier molecular flexibility index (Phi) is 25.0. The minimum absolute atomic E-state index is 0. The van der Waals surface area contributed by atoms with Crippen molar-refractivity contribution in [1.29, 1.82) is 0 Å². The van der Waals surface area contributed by atoms with E-state index in [2.05, 4.69) is 19.6 Å². The van der Waals surface area contributed by atoms with Gasteiger partial charge in [-0.1, -0.05) is 20.5 Å². The topological polar surface area (TPSA) is 0 Å². The average Bonchev–Trinajstić information content (AvgIpc) is 0.811. The van der Waals surface area contributed by atoms with Crippen molar-refractivity contribution in [1.82, 2.24) is 0 Å². The third kappa shape index (κ3) is 56.9. The molecule has 0 amide bonds. The molecular weight excluding hydrogens is 165 g/mol. The Balaban J connectivity index is -0.0000000450. The van der Waals surface area contributed by atoms with Crippen molar-refractivity contribution in [3.63, 3.8) is 0 Å². The van der Waals surface area contributed by atoms with Gasteiger partial charge in [-0.2, -0.15) is 0 Å². The van der Waals surface area contributed by atoms with Gasteiger partial charge < -0.3 is 6.55 Å². The third-order valence-electron chi connectivity index (χ3n) is 0. The van der Waals surface area contributed by atoms with Crippen molar-refractivity contribution < 1.29 is 32.7 Å². The van der Waals surface area contributed by atoms with Crippen LogP contribution < -0.4 is 0 Å². The summed E-state index contributed by atoms with van der Waals surface area (Å²) in [4.78, 5) is 0. The molecule has 0 unspecified atom stereocenters. The molecule has 6 heavy (non-hydrogen) atoms. The zero-order valence-corrected chi connectivity index (χ0v) is 7.85. The maximum absolute atomic E-state index is 3.78. The maximum atomic E-state index is 3.78. The van der Waals surface area contributed by atoms with Gasteiger partial charge in [-0.05, 0) is 0 Å². The molecule has 0 nitrogen and oxygen atoms in total. The molecule has 0 aromatic heterocycles. The van der Waals surface area contributed by atoms with Crippen LogP contribution in [0.5, 0.6) is 0 Å². The fourth-order valence-corrected chi connectivity index (χ4v) is 0.